The molecule has 1 aliphatic carbocycles. The molecule has 2 fully saturated rings. The summed E-state index contributed by atoms with van der Waals surface area (Å²) in [5, 5.41) is 12.9. The van der Waals surface area contributed by atoms with Crippen LogP contribution >= 0.6 is 0 Å². The van der Waals surface area contributed by atoms with Crippen LogP contribution in [0.4, 0.5) is 0 Å². The van der Waals surface area contributed by atoms with E-state index in [2.05, 4.69) is 10.1 Å². The Morgan fingerprint density at radius 1 is 1.22 bits per heavy atom. The highest BCUT2D eigenvalue weighted by Crippen LogP contribution is 2.35. The molecule has 2 atom stereocenters. The molecule has 0 amide bonds. The first-order valence-corrected chi connectivity index (χ1v) is 6.46. The first-order valence-electron chi connectivity index (χ1n) is 6.46. The van der Waals surface area contributed by atoms with Gasteiger partial charge in [0.1, 0.15) is 6.10 Å². The SMILES string of the molecule is O=C(O)C1CCC(c2nc(C3CCCC3)no2)O1. The molecule has 1 N–H and O–H groups in total. The second-order valence-electron chi connectivity index (χ2n) is 5.00. The van der Waals surface area contributed by atoms with E-state index in [4.69, 9.17) is 14.4 Å². The van der Waals surface area contributed by atoms with Crippen LogP contribution in [0.1, 0.15) is 62.3 Å². The average Bonchev–Trinajstić information content (AvgIpc) is 3.10. The highest BCUT2D eigenvalue weighted by Gasteiger charge is 2.35. The second kappa shape index (κ2) is 4.68. The molecule has 98 valence electrons. The van der Waals surface area contributed by atoms with E-state index in [-0.39, 0.29) is 6.10 Å². The molecule has 1 aliphatic heterocycles. The minimum absolute atomic E-state index is 0.353. The minimum atomic E-state index is -0.923. The Hall–Kier alpha value is -1.43. The van der Waals surface area contributed by atoms with Gasteiger partial charge in [-0.15, -0.1) is 0 Å². The number of carboxylic acids is 1. The molecule has 1 saturated heterocycles. The summed E-state index contributed by atoms with van der Waals surface area (Å²) in [6.07, 6.45) is 4.70. The molecule has 6 heteroatoms. The third-order valence-corrected chi connectivity index (χ3v) is 3.75. The van der Waals surface area contributed by atoms with Gasteiger partial charge in [-0.2, -0.15) is 4.98 Å². The fourth-order valence-corrected chi connectivity index (χ4v) is 2.73. The van der Waals surface area contributed by atoms with Crippen LogP contribution in [0.3, 0.4) is 0 Å². The number of ether oxygens (including phenoxy) is 1. The summed E-state index contributed by atoms with van der Waals surface area (Å²) in [5.74, 6) is 0.665. The predicted octanol–water partition coefficient (Wildman–Crippen LogP) is 2.03. The number of carboxylic acid groups (broad SMARTS) is 1. The first-order chi connectivity index (χ1) is 8.74. The zero-order chi connectivity index (χ0) is 12.5. The van der Waals surface area contributed by atoms with Gasteiger partial charge in [-0.1, -0.05) is 18.0 Å². The zero-order valence-corrected chi connectivity index (χ0v) is 10.0. The largest absolute Gasteiger partial charge is 0.479 e. The maximum absolute atomic E-state index is 10.8. The molecule has 18 heavy (non-hydrogen) atoms. The Bertz CT molecular complexity index is 439. The van der Waals surface area contributed by atoms with Crippen LogP contribution in [-0.2, 0) is 9.53 Å². The van der Waals surface area contributed by atoms with Gasteiger partial charge in [0.15, 0.2) is 11.9 Å². The summed E-state index contributed by atoms with van der Waals surface area (Å²) < 4.78 is 10.6. The van der Waals surface area contributed by atoms with Crippen molar-refractivity contribution < 1.29 is 19.2 Å². The molecule has 2 aliphatic rings. The third-order valence-electron chi connectivity index (χ3n) is 3.75. The second-order valence-corrected chi connectivity index (χ2v) is 5.00. The molecule has 1 saturated carbocycles. The van der Waals surface area contributed by atoms with E-state index in [0.717, 1.165) is 18.7 Å². The lowest BCUT2D eigenvalue weighted by Crippen LogP contribution is -2.18. The van der Waals surface area contributed by atoms with Crippen LogP contribution in [0.2, 0.25) is 0 Å². The predicted molar refractivity (Wildman–Crippen MR) is 60.0 cm³/mol. The molecular weight excluding hydrogens is 236 g/mol. The van der Waals surface area contributed by atoms with Crippen molar-refractivity contribution in [3.05, 3.63) is 11.7 Å². The lowest BCUT2D eigenvalue weighted by atomic mass is 10.1. The monoisotopic (exact) mass is 252 g/mol. The van der Waals surface area contributed by atoms with Crippen molar-refractivity contribution in [2.75, 3.05) is 0 Å². The van der Waals surface area contributed by atoms with Crippen molar-refractivity contribution in [3.8, 4) is 0 Å². The standard InChI is InChI=1S/C12H16N2O4/c15-12(16)9-6-5-8(17-9)11-13-10(14-18-11)7-3-1-2-4-7/h7-9H,1-6H2,(H,15,16). The fraction of sp³-hybridized carbons (Fsp3) is 0.750. The van der Waals surface area contributed by atoms with E-state index in [1.54, 1.807) is 0 Å². The molecule has 1 aromatic rings. The van der Waals surface area contributed by atoms with Gasteiger partial charge in [0.05, 0.1) is 0 Å². The molecular formula is C12H16N2O4. The Labute approximate surface area is 104 Å². The van der Waals surface area contributed by atoms with E-state index in [1.807, 2.05) is 0 Å². The van der Waals surface area contributed by atoms with Crippen molar-refractivity contribution in [1.82, 2.24) is 10.1 Å². The van der Waals surface area contributed by atoms with Crippen LogP contribution < -0.4 is 0 Å². The summed E-state index contributed by atoms with van der Waals surface area (Å²) in [6.45, 7) is 0. The number of nitrogens with zero attached hydrogens (tertiary/aromatic N) is 2. The molecule has 6 nitrogen and oxygen atoms in total. The summed E-state index contributed by atoms with van der Waals surface area (Å²) in [7, 11) is 0. The number of hydrogen-bond donors (Lipinski definition) is 1. The highest BCUT2D eigenvalue weighted by atomic mass is 16.5. The van der Waals surface area contributed by atoms with Gasteiger partial charge in [0.25, 0.3) is 5.89 Å². The van der Waals surface area contributed by atoms with E-state index < -0.39 is 12.1 Å². The minimum Gasteiger partial charge on any atom is -0.479 e. The maximum Gasteiger partial charge on any atom is 0.332 e. The highest BCUT2D eigenvalue weighted by molar-refractivity contribution is 5.72. The van der Waals surface area contributed by atoms with E-state index in [9.17, 15) is 4.79 Å². The molecule has 0 radical (unpaired) electrons. The van der Waals surface area contributed by atoms with Crippen molar-refractivity contribution in [2.45, 2.75) is 56.7 Å². The van der Waals surface area contributed by atoms with Crippen LogP contribution in [0.15, 0.2) is 4.52 Å². The van der Waals surface area contributed by atoms with Crippen LogP contribution in [0.5, 0.6) is 0 Å². The molecule has 0 aromatic carbocycles. The van der Waals surface area contributed by atoms with Crippen molar-refractivity contribution in [3.63, 3.8) is 0 Å². The molecule has 0 bridgehead atoms. The molecule has 0 spiro atoms. The van der Waals surface area contributed by atoms with Gasteiger partial charge < -0.3 is 14.4 Å². The van der Waals surface area contributed by atoms with E-state index in [1.165, 1.54) is 12.8 Å². The number of aliphatic carboxylic acids is 1. The fourth-order valence-electron chi connectivity index (χ4n) is 2.73. The van der Waals surface area contributed by atoms with Crippen molar-refractivity contribution in [2.24, 2.45) is 0 Å². The number of carbonyl (C=O) groups is 1. The first kappa shape index (κ1) is 11.6. The molecule has 1 aromatic heterocycles. The molecule has 2 unspecified atom stereocenters. The van der Waals surface area contributed by atoms with Gasteiger partial charge in [-0.25, -0.2) is 4.79 Å². The van der Waals surface area contributed by atoms with E-state index in [0.29, 0.717) is 24.7 Å². The van der Waals surface area contributed by atoms with Crippen LogP contribution in [0.25, 0.3) is 0 Å². The van der Waals surface area contributed by atoms with Crippen molar-refractivity contribution in [1.29, 1.82) is 0 Å². The normalized spacial score (nSPS) is 28.9. The zero-order valence-electron chi connectivity index (χ0n) is 10.0. The smallest absolute Gasteiger partial charge is 0.332 e. The molecule has 3 rings (SSSR count). The lowest BCUT2D eigenvalue weighted by Gasteiger charge is -2.05. The topological polar surface area (TPSA) is 85.5 Å². The number of rotatable bonds is 3. The summed E-state index contributed by atoms with van der Waals surface area (Å²) >= 11 is 0. The molecule has 2 heterocycles. The Kier molecular flexibility index (Phi) is 3.03. The summed E-state index contributed by atoms with van der Waals surface area (Å²) in [4.78, 5) is 15.2. The van der Waals surface area contributed by atoms with Crippen molar-refractivity contribution >= 4 is 5.97 Å². The number of aromatic nitrogens is 2. The lowest BCUT2D eigenvalue weighted by molar-refractivity contribution is -0.150. The van der Waals surface area contributed by atoms with Gasteiger partial charge in [0.2, 0.25) is 0 Å². The van der Waals surface area contributed by atoms with Crippen LogP contribution in [-0.4, -0.2) is 27.3 Å². The summed E-state index contributed by atoms with van der Waals surface area (Å²) in [6, 6.07) is 0. The Balaban J connectivity index is 1.68. The number of hydrogen-bond acceptors (Lipinski definition) is 5. The Morgan fingerprint density at radius 2 is 2.00 bits per heavy atom. The van der Waals surface area contributed by atoms with Gasteiger partial charge >= 0.3 is 5.97 Å². The van der Waals surface area contributed by atoms with E-state index >= 15 is 0 Å². The maximum atomic E-state index is 10.8. The summed E-state index contributed by atoms with van der Waals surface area (Å²) in [5.41, 5.74) is 0. The van der Waals surface area contributed by atoms with Gasteiger partial charge in [-0.3, -0.25) is 0 Å². The van der Waals surface area contributed by atoms with Gasteiger partial charge in [-0.05, 0) is 25.7 Å². The van der Waals surface area contributed by atoms with Crippen LogP contribution in [0, 0.1) is 0 Å². The average molecular weight is 252 g/mol. The van der Waals surface area contributed by atoms with Gasteiger partial charge in [0, 0.05) is 5.92 Å². The third kappa shape index (κ3) is 2.12. The Morgan fingerprint density at radius 3 is 2.67 bits per heavy atom. The quantitative estimate of drug-likeness (QED) is 0.885.